The third kappa shape index (κ3) is 5.95. The fraction of sp³-hybridized carbons (Fsp3) is 0.107. The lowest BCUT2D eigenvalue weighted by Crippen LogP contribution is -2.41. The van der Waals surface area contributed by atoms with E-state index in [4.69, 9.17) is 0 Å². The molecule has 0 saturated carbocycles. The lowest BCUT2D eigenvalue weighted by Gasteiger charge is -2.12. The zero-order valence-electron chi connectivity index (χ0n) is 19.8. The summed E-state index contributed by atoms with van der Waals surface area (Å²) in [5, 5.41) is 10.1. The minimum Gasteiger partial charge on any atom is -0.267 e. The van der Waals surface area contributed by atoms with Gasteiger partial charge in [0.05, 0.1) is 11.6 Å². The Labute approximate surface area is 213 Å². The van der Waals surface area contributed by atoms with E-state index < -0.39 is 11.8 Å². The van der Waals surface area contributed by atoms with Crippen LogP contribution in [-0.4, -0.2) is 21.8 Å². The number of nitrogens with zero attached hydrogens (tertiary/aromatic N) is 3. The Hall–Kier alpha value is -4.48. The van der Waals surface area contributed by atoms with Gasteiger partial charge in [0.15, 0.2) is 5.16 Å². The molecule has 178 valence electrons. The highest BCUT2D eigenvalue weighted by atomic mass is 32.2. The van der Waals surface area contributed by atoms with Crippen molar-refractivity contribution in [1.82, 2.24) is 20.8 Å². The Morgan fingerprint density at radius 2 is 1.44 bits per heavy atom. The quantitative estimate of drug-likeness (QED) is 0.222. The third-order valence-electron chi connectivity index (χ3n) is 5.34. The number of carbonyl (C=O) groups is 2. The summed E-state index contributed by atoms with van der Waals surface area (Å²) in [6.45, 7) is 3.88. The molecule has 0 aliphatic heterocycles. The Morgan fingerprint density at radius 3 is 2.14 bits per heavy atom. The van der Waals surface area contributed by atoms with Crippen LogP contribution in [-0.2, 0) is 5.75 Å². The van der Waals surface area contributed by atoms with Gasteiger partial charge < -0.3 is 0 Å². The number of benzene rings is 3. The van der Waals surface area contributed by atoms with Gasteiger partial charge in [0.25, 0.3) is 11.8 Å². The molecular formula is C28H23N5O2S. The summed E-state index contributed by atoms with van der Waals surface area (Å²) in [6, 6.07) is 25.2. The molecule has 7 nitrogen and oxygen atoms in total. The Kier molecular flexibility index (Phi) is 7.73. The zero-order chi connectivity index (χ0) is 25.5. The topological polar surface area (TPSA) is 108 Å². The first-order chi connectivity index (χ1) is 17.4. The van der Waals surface area contributed by atoms with Gasteiger partial charge in [0.1, 0.15) is 0 Å². The summed E-state index contributed by atoms with van der Waals surface area (Å²) in [7, 11) is 0. The van der Waals surface area contributed by atoms with Crippen LogP contribution in [0.15, 0.2) is 84.0 Å². The molecule has 0 aliphatic carbocycles. The SMILES string of the molecule is Cc1cc(C)nc(SCc2ccc(C(=O)NNC(=O)c3ccccc3-c3ccccc3C#N)cc2)n1. The van der Waals surface area contributed by atoms with Crippen LogP contribution in [0.2, 0.25) is 0 Å². The molecule has 4 aromatic rings. The predicted molar refractivity (Wildman–Crippen MR) is 139 cm³/mol. The van der Waals surface area contributed by atoms with Gasteiger partial charge in [0.2, 0.25) is 0 Å². The highest BCUT2D eigenvalue weighted by Crippen LogP contribution is 2.26. The van der Waals surface area contributed by atoms with E-state index in [0.29, 0.717) is 33.6 Å². The van der Waals surface area contributed by atoms with E-state index in [0.717, 1.165) is 22.1 Å². The number of thioether (sulfide) groups is 1. The second kappa shape index (κ2) is 11.3. The molecular weight excluding hydrogens is 470 g/mol. The van der Waals surface area contributed by atoms with Gasteiger partial charge in [0, 0.05) is 33.8 Å². The molecule has 0 atom stereocenters. The van der Waals surface area contributed by atoms with E-state index >= 15 is 0 Å². The normalized spacial score (nSPS) is 10.4. The van der Waals surface area contributed by atoms with Crippen molar-refractivity contribution in [2.45, 2.75) is 24.8 Å². The van der Waals surface area contributed by atoms with Crippen LogP contribution in [0.1, 0.15) is 43.2 Å². The summed E-state index contributed by atoms with van der Waals surface area (Å²) in [6.07, 6.45) is 0. The van der Waals surface area contributed by atoms with Crippen molar-refractivity contribution in [2.24, 2.45) is 0 Å². The maximum atomic E-state index is 12.9. The fourth-order valence-corrected chi connectivity index (χ4v) is 4.55. The summed E-state index contributed by atoms with van der Waals surface area (Å²) in [5.74, 6) is -0.245. The average molecular weight is 494 g/mol. The minimum atomic E-state index is -0.479. The number of aryl methyl sites for hydroxylation is 2. The lowest BCUT2D eigenvalue weighted by molar-refractivity contribution is 0.0847. The molecule has 0 spiro atoms. The first-order valence-corrected chi connectivity index (χ1v) is 12.2. The maximum absolute atomic E-state index is 12.9. The van der Waals surface area contributed by atoms with Crippen molar-refractivity contribution in [3.8, 4) is 17.2 Å². The van der Waals surface area contributed by atoms with Crippen molar-refractivity contribution in [3.05, 3.63) is 113 Å². The number of aromatic nitrogens is 2. The minimum absolute atomic E-state index is 0.349. The van der Waals surface area contributed by atoms with Crippen molar-refractivity contribution >= 4 is 23.6 Å². The molecule has 1 heterocycles. The Morgan fingerprint density at radius 1 is 0.833 bits per heavy atom. The molecule has 0 bridgehead atoms. The van der Waals surface area contributed by atoms with Gasteiger partial charge in [-0.25, -0.2) is 9.97 Å². The van der Waals surface area contributed by atoms with Crippen LogP contribution in [0.3, 0.4) is 0 Å². The molecule has 0 fully saturated rings. The second-order valence-corrected chi connectivity index (χ2v) is 8.97. The number of hydrogen-bond donors (Lipinski definition) is 2. The smallest absolute Gasteiger partial charge is 0.267 e. The number of carbonyl (C=O) groups excluding carboxylic acids is 2. The van der Waals surface area contributed by atoms with E-state index in [9.17, 15) is 14.9 Å². The summed E-state index contributed by atoms with van der Waals surface area (Å²) in [4.78, 5) is 34.3. The third-order valence-corrected chi connectivity index (χ3v) is 6.26. The molecule has 2 N–H and O–H groups in total. The van der Waals surface area contributed by atoms with Gasteiger partial charge in [-0.3, -0.25) is 20.4 Å². The molecule has 0 saturated heterocycles. The highest BCUT2D eigenvalue weighted by Gasteiger charge is 2.16. The van der Waals surface area contributed by atoms with Crippen molar-refractivity contribution < 1.29 is 9.59 Å². The van der Waals surface area contributed by atoms with Crippen molar-refractivity contribution in [2.75, 3.05) is 0 Å². The number of rotatable bonds is 6. The molecule has 8 heteroatoms. The zero-order valence-corrected chi connectivity index (χ0v) is 20.6. The molecule has 0 unspecified atom stereocenters. The van der Waals surface area contributed by atoms with E-state index in [2.05, 4.69) is 26.9 Å². The molecule has 3 aromatic carbocycles. The summed E-state index contributed by atoms with van der Waals surface area (Å²) >= 11 is 1.53. The van der Waals surface area contributed by atoms with E-state index in [1.807, 2.05) is 38.1 Å². The molecule has 0 radical (unpaired) electrons. The molecule has 2 amide bonds. The van der Waals surface area contributed by atoms with Crippen LogP contribution >= 0.6 is 11.8 Å². The Balaban J connectivity index is 1.38. The standard InChI is InChI=1S/C28H23N5O2S/c1-18-15-19(2)31-28(30-18)36-17-20-11-13-21(14-12-20)26(34)32-33-27(35)25-10-6-5-9-24(25)23-8-4-3-7-22(23)16-29/h3-15H,17H2,1-2H3,(H,32,34)(H,33,35). The maximum Gasteiger partial charge on any atom is 0.270 e. The van der Waals surface area contributed by atoms with E-state index in [1.165, 1.54) is 11.8 Å². The van der Waals surface area contributed by atoms with Crippen LogP contribution in [0, 0.1) is 25.2 Å². The van der Waals surface area contributed by atoms with Crippen molar-refractivity contribution in [1.29, 1.82) is 5.26 Å². The van der Waals surface area contributed by atoms with Gasteiger partial charge >= 0.3 is 0 Å². The van der Waals surface area contributed by atoms with Gasteiger partial charge in [-0.15, -0.1) is 0 Å². The van der Waals surface area contributed by atoms with E-state index in [-0.39, 0.29) is 0 Å². The predicted octanol–water partition coefficient (Wildman–Crippen LogP) is 5.00. The summed E-state index contributed by atoms with van der Waals surface area (Å²) in [5.41, 5.74) is 10.3. The molecule has 36 heavy (non-hydrogen) atoms. The number of nitrogens with one attached hydrogen (secondary N) is 2. The van der Waals surface area contributed by atoms with Crippen LogP contribution in [0.25, 0.3) is 11.1 Å². The number of amides is 2. The number of nitriles is 1. The number of hydrogen-bond acceptors (Lipinski definition) is 6. The first-order valence-electron chi connectivity index (χ1n) is 11.2. The largest absolute Gasteiger partial charge is 0.270 e. The van der Waals surface area contributed by atoms with Gasteiger partial charge in [-0.1, -0.05) is 60.3 Å². The van der Waals surface area contributed by atoms with Gasteiger partial charge in [-0.05, 0) is 55.3 Å². The second-order valence-electron chi connectivity index (χ2n) is 8.03. The van der Waals surface area contributed by atoms with Crippen LogP contribution < -0.4 is 10.9 Å². The Bertz CT molecular complexity index is 1440. The van der Waals surface area contributed by atoms with Crippen LogP contribution in [0.5, 0.6) is 0 Å². The first kappa shape index (κ1) is 24.6. The average Bonchev–Trinajstić information content (AvgIpc) is 2.90. The summed E-state index contributed by atoms with van der Waals surface area (Å²) < 4.78 is 0. The highest BCUT2D eigenvalue weighted by molar-refractivity contribution is 7.98. The number of hydrazine groups is 1. The van der Waals surface area contributed by atoms with E-state index in [1.54, 1.807) is 54.6 Å². The fourth-order valence-electron chi connectivity index (χ4n) is 3.64. The monoisotopic (exact) mass is 493 g/mol. The van der Waals surface area contributed by atoms with Gasteiger partial charge in [-0.2, -0.15) is 5.26 Å². The molecule has 1 aromatic heterocycles. The lowest BCUT2D eigenvalue weighted by atomic mass is 9.95. The molecule has 4 rings (SSSR count). The molecule has 0 aliphatic rings. The van der Waals surface area contributed by atoms with Crippen LogP contribution in [0.4, 0.5) is 0 Å². The van der Waals surface area contributed by atoms with Crippen molar-refractivity contribution in [3.63, 3.8) is 0 Å².